The number of allylic oxidation sites excluding steroid dienone is 8. The second-order valence-corrected chi connectivity index (χ2v) is 22.3. The first-order valence-electron chi connectivity index (χ1n) is 27.4. The van der Waals surface area contributed by atoms with Crippen molar-refractivity contribution in [3.8, 4) is 5.75 Å². The summed E-state index contributed by atoms with van der Waals surface area (Å²) < 4.78 is 56.9. The Bertz CT molecular complexity index is 3340. The maximum absolute atomic E-state index is 14.0. The minimum atomic E-state index is -4.65. The van der Waals surface area contributed by atoms with Gasteiger partial charge in [-0.25, -0.2) is 8.42 Å². The van der Waals surface area contributed by atoms with Crippen molar-refractivity contribution >= 4 is 55.6 Å². The predicted octanol–water partition coefficient (Wildman–Crippen LogP) is 9.84. The summed E-state index contributed by atoms with van der Waals surface area (Å²) in [6, 6.07) is 25.7. The summed E-state index contributed by atoms with van der Waals surface area (Å²) in [6.07, 6.45) is 17.5. The number of rotatable bonds is 27. The van der Waals surface area contributed by atoms with Crippen LogP contribution in [0.3, 0.4) is 0 Å². The number of fused-ring (bicyclic) bond motifs is 3. The van der Waals surface area contributed by atoms with Crippen LogP contribution in [0.15, 0.2) is 143 Å². The van der Waals surface area contributed by atoms with Gasteiger partial charge in [0, 0.05) is 85.1 Å². The Balaban J connectivity index is 0.814. The molecule has 0 unspecified atom stereocenters. The molecule has 0 saturated carbocycles. The molecule has 0 radical (unpaired) electrons. The topological polar surface area (TPSA) is 183 Å². The van der Waals surface area contributed by atoms with Gasteiger partial charge in [-0.2, -0.15) is 4.58 Å². The molecular weight excluding hydrogens is 1020 g/mol. The molecule has 0 atom stereocenters. The Morgan fingerprint density at radius 1 is 0.797 bits per heavy atom. The number of carbonyl (C=O) groups excluding carboxylic acids is 2. The zero-order chi connectivity index (χ0) is 56.9. The van der Waals surface area contributed by atoms with Crippen LogP contribution in [0, 0.1) is 6.92 Å². The number of benzene rings is 4. The van der Waals surface area contributed by atoms with Gasteiger partial charge < -0.3 is 43.6 Å². The van der Waals surface area contributed by atoms with Crippen molar-refractivity contribution in [2.24, 2.45) is 7.05 Å². The van der Waals surface area contributed by atoms with Crippen LogP contribution in [-0.2, 0) is 53.4 Å². The monoisotopic (exact) mass is 1100 g/mol. The fraction of sp³-hybridized carbons (Fsp3) is 0.397. The van der Waals surface area contributed by atoms with Crippen molar-refractivity contribution in [3.05, 3.63) is 171 Å². The number of aromatic nitrogens is 1. The SMILES string of the molecule is CCc1cccc2c1c(O)c(C(=O)N(CCOCCOCCOCCNC(=O)CCCCC[N+]1=C(C=CC=CC=CC=C3N(CC)c4ccc(C)cc4C3(C)C)C(C)(C)c3cc(S(=O)(=O)[O-])ccc31)c1ccccc1)c(=O)n2C. The normalized spacial score (nSPS) is 15.4. The summed E-state index contributed by atoms with van der Waals surface area (Å²) in [4.78, 5) is 43.8. The van der Waals surface area contributed by atoms with Gasteiger partial charge in [0.05, 0.1) is 55.5 Å². The van der Waals surface area contributed by atoms with E-state index in [0.717, 1.165) is 41.9 Å². The third-order valence-electron chi connectivity index (χ3n) is 14.9. The van der Waals surface area contributed by atoms with Crippen LogP contribution in [0.4, 0.5) is 17.1 Å². The number of hydrogen-bond donors (Lipinski definition) is 2. The molecule has 15 nitrogen and oxygen atoms in total. The van der Waals surface area contributed by atoms with E-state index >= 15 is 0 Å². The summed E-state index contributed by atoms with van der Waals surface area (Å²) >= 11 is 0. The van der Waals surface area contributed by atoms with Gasteiger partial charge in [0.15, 0.2) is 5.71 Å². The molecular formula is C63H77N5O10S. The fourth-order valence-electron chi connectivity index (χ4n) is 10.7. The van der Waals surface area contributed by atoms with Crippen molar-refractivity contribution in [1.29, 1.82) is 0 Å². The number of unbranched alkanes of at least 4 members (excludes halogenated alkanes) is 2. The van der Waals surface area contributed by atoms with Crippen LogP contribution in [0.5, 0.6) is 5.75 Å². The number of pyridine rings is 1. The number of para-hydroxylation sites is 1. The van der Waals surface area contributed by atoms with E-state index < -0.39 is 27.0 Å². The molecule has 1 aromatic heterocycles. The van der Waals surface area contributed by atoms with E-state index in [1.54, 1.807) is 43.4 Å². The molecule has 7 rings (SSSR count). The molecule has 3 heterocycles. The van der Waals surface area contributed by atoms with Crippen LogP contribution >= 0.6 is 0 Å². The number of nitrogens with zero attached hydrogens (tertiary/aromatic N) is 4. The molecule has 0 spiro atoms. The second kappa shape index (κ2) is 26.8. The average molecular weight is 1100 g/mol. The van der Waals surface area contributed by atoms with E-state index in [0.29, 0.717) is 68.8 Å². The third-order valence-corrected chi connectivity index (χ3v) is 15.7. The lowest BCUT2D eigenvalue weighted by Gasteiger charge is -2.25. The Labute approximate surface area is 466 Å². The number of aromatic hydroxyl groups is 1. The van der Waals surface area contributed by atoms with Gasteiger partial charge in [-0.3, -0.25) is 14.4 Å². The molecule has 2 N–H and O–H groups in total. The average Bonchev–Trinajstić information content (AvgIpc) is 4.00. The van der Waals surface area contributed by atoms with Gasteiger partial charge >= 0.3 is 0 Å². The second-order valence-electron chi connectivity index (χ2n) is 20.9. The number of likely N-dealkylation sites (N-methyl/N-ethyl adjacent to an activating group) is 1. The Kier molecular flexibility index (Phi) is 20.3. The standard InChI is InChI=1S/C63H77N5O10S/c1-9-46-23-22-26-53-57(46)59(70)58(60(71)65(53)8)61(72)67(47-24-16-14-17-25-47)36-38-77-40-42-78-41-39-76-37-34-64-56(69)29-20-15-21-35-68-52-33-31-48(79(73,74)75)44-50(52)63(6,7)55(68)28-19-13-11-12-18-27-54-62(4,5)49-43-45(3)30-32-51(49)66(54)10-2/h11-14,16-19,22-28,30-33,43-44H,9-10,15,20-21,29,34-42H2,1-8H3,(H2-,64,69,70,71,72,73,74,75). The van der Waals surface area contributed by atoms with Crippen molar-refractivity contribution in [2.45, 2.75) is 96.3 Å². The number of aryl methyl sites for hydroxylation is 3. The Morgan fingerprint density at radius 3 is 2.20 bits per heavy atom. The molecule has 79 heavy (non-hydrogen) atoms. The van der Waals surface area contributed by atoms with Crippen molar-refractivity contribution in [2.75, 3.05) is 75.6 Å². The number of carbonyl (C=O) groups is 2. The molecule has 2 amide bonds. The molecule has 0 aliphatic carbocycles. The van der Waals surface area contributed by atoms with Crippen LogP contribution < -0.4 is 20.7 Å². The first-order valence-corrected chi connectivity index (χ1v) is 28.8. The number of anilines is 2. The maximum Gasteiger partial charge on any atom is 0.267 e. The molecule has 5 aromatic rings. The minimum Gasteiger partial charge on any atom is -0.744 e. The van der Waals surface area contributed by atoms with Gasteiger partial charge in [0.1, 0.15) is 28.0 Å². The smallest absolute Gasteiger partial charge is 0.267 e. The van der Waals surface area contributed by atoms with Crippen molar-refractivity contribution < 1.29 is 46.5 Å². The third kappa shape index (κ3) is 13.9. The maximum atomic E-state index is 14.0. The van der Waals surface area contributed by atoms with Crippen molar-refractivity contribution in [1.82, 2.24) is 9.88 Å². The van der Waals surface area contributed by atoms with Crippen LogP contribution in [0.2, 0.25) is 0 Å². The Morgan fingerprint density at radius 2 is 1.49 bits per heavy atom. The van der Waals surface area contributed by atoms with E-state index in [9.17, 15) is 32.5 Å². The summed E-state index contributed by atoms with van der Waals surface area (Å²) in [6.45, 7) is 18.5. The molecule has 420 valence electrons. The lowest BCUT2D eigenvalue weighted by atomic mass is 9.81. The first kappa shape index (κ1) is 59.7. The predicted molar refractivity (Wildman–Crippen MR) is 312 cm³/mol. The molecule has 0 fully saturated rings. The molecule has 4 aromatic carbocycles. The van der Waals surface area contributed by atoms with Gasteiger partial charge in [0.2, 0.25) is 11.6 Å². The Hall–Kier alpha value is -6.95. The van der Waals surface area contributed by atoms with E-state index in [1.165, 1.54) is 44.1 Å². The fourth-order valence-corrected chi connectivity index (χ4v) is 11.2. The van der Waals surface area contributed by atoms with E-state index in [1.807, 2.05) is 69.4 Å². The van der Waals surface area contributed by atoms with Crippen LogP contribution in [0.1, 0.15) is 99.8 Å². The van der Waals surface area contributed by atoms with E-state index in [2.05, 4.69) is 72.8 Å². The molecule has 16 heteroatoms. The lowest BCUT2D eigenvalue weighted by Crippen LogP contribution is -2.38. The molecule has 2 aliphatic rings. The number of amides is 2. The summed E-state index contributed by atoms with van der Waals surface area (Å²) in [5, 5.41) is 14.8. The van der Waals surface area contributed by atoms with Crippen LogP contribution in [0.25, 0.3) is 10.9 Å². The minimum absolute atomic E-state index is 0.0623. The zero-order valence-electron chi connectivity index (χ0n) is 47.0. The quantitative estimate of drug-likeness (QED) is 0.0221. The van der Waals surface area contributed by atoms with Crippen LogP contribution in [-0.4, -0.2) is 111 Å². The van der Waals surface area contributed by atoms with Gasteiger partial charge in [0.25, 0.3) is 11.5 Å². The highest BCUT2D eigenvalue weighted by molar-refractivity contribution is 7.85. The number of ether oxygens (including phenoxy) is 3. The van der Waals surface area contributed by atoms with E-state index in [4.69, 9.17) is 14.2 Å². The van der Waals surface area contributed by atoms with Crippen molar-refractivity contribution in [3.63, 3.8) is 0 Å². The molecule has 0 saturated heterocycles. The highest BCUT2D eigenvalue weighted by atomic mass is 32.2. The molecule has 0 bridgehead atoms. The summed E-state index contributed by atoms with van der Waals surface area (Å²) in [5.74, 6) is -1.00. The largest absolute Gasteiger partial charge is 0.744 e. The highest BCUT2D eigenvalue weighted by Crippen LogP contribution is 2.48. The zero-order valence-corrected chi connectivity index (χ0v) is 47.9. The van der Waals surface area contributed by atoms with Gasteiger partial charge in [-0.15, -0.1) is 0 Å². The van der Waals surface area contributed by atoms with Gasteiger partial charge in [-0.05, 0) is 101 Å². The highest BCUT2D eigenvalue weighted by Gasteiger charge is 2.44. The first-order chi connectivity index (χ1) is 37.8. The van der Waals surface area contributed by atoms with E-state index in [-0.39, 0.29) is 53.9 Å². The number of hydrogen-bond acceptors (Lipinski definition) is 11. The summed E-state index contributed by atoms with van der Waals surface area (Å²) in [5.41, 5.74) is 8.07. The summed E-state index contributed by atoms with van der Waals surface area (Å²) in [7, 11) is -3.05. The lowest BCUT2D eigenvalue weighted by molar-refractivity contribution is -0.438. The molecule has 2 aliphatic heterocycles. The van der Waals surface area contributed by atoms with Gasteiger partial charge in [-0.1, -0.05) is 99.2 Å². The number of nitrogens with one attached hydrogen (secondary N) is 1.